The summed E-state index contributed by atoms with van der Waals surface area (Å²) in [7, 11) is 1.77. The molecular formula is C13H15Cl2FN4. The Balaban J connectivity index is 2.33. The fraction of sp³-hybridized carbons (Fsp3) is 0.308. The Kier molecular flexibility index (Phi) is 4.65. The summed E-state index contributed by atoms with van der Waals surface area (Å²) in [6.45, 7) is 1.88. The SMILES string of the molecule is Cc1nn(C)c(Cl)c1CC(NN)c1ccc(F)cc1Cl. The summed E-state index contributed by atoms with van der Waals surface area (Å²) in [4.78, 5) is 0. The second-order valence-electron chi connectivity index (χ2n) is 4.57. The van der Waals surface area contributed by atoms with E-state index in [9.17, 15) is 4.39 Å². The molecule has 0 aliphatic heterocycles. The number of hydrogen-bond acceptors (Lipinski definition) is 3. The molecule has 1 unspecified atom stereocenters. The van der Waals surface area contributed by atoms with Crippen molar-refractivity contribution in [2.75, 3.05) is 0 Å². The maximum Gasteiger partial charge on any atom is 0.130 e. The largest absolute Gasteiger partial charge is 0.271 e. The third kappa shape index (κ3) is 2.96. The molecule has 0 aliphatic carbocycles. The van der Waals surface area contributed by atoms with Gasteiger partial charge in [-0.15, -0.1) is 0 Å². The van der Waals surface area contributed by atoms with Crippen LogP contribution in [-0.4, -0.2) is 9.78 Å². The lowest BCUT2D eigenvalue weighted by Crippen LogP contribution is -2.30. The van der Waals surface area contributed by atoms with Crippen molar-refractivity contribution in [3.63, 3.8) is 0 Å². The minimum atomic E-state index is -0.384. The standard InChI is InChI=1S/C13H15Cl2FN4/c1-7-10(13(15)20(2)19-7)6-12(18-17)9-4-3-8(16)5-11(9)14/h3-5,12,18H,6,17H2,1-2H3. The van der Waals surface area contributed by atoms with Crippen molar-refractivity contribution < 1.29 is 4.39 Å². The molecule has 3 N–H and O–H groups in total. The van der Waals surface area contributed by atoms with Crippen molar-refractivity contribution in [2.45, 2.75) is 19.4 Å². The van der Waals surface area contributed by atoms with Gasteiger partial charge < -0.3 is 0 Å². The zero-order valence-electron chi connectivity index (χ0n) is 11.1. The lowest BCUT2D eigenvalue weighted by molar-refractivity contribution is 0.548. The van der Waals surface area contributed by atoms with Gasteiger partial charge in [0.05, 0.1) is 11.7 Å². The second-order valence-corrected chi connectivity index (χ2v) is 5.33. The van der Waals surface area contributed by atoms with Crippen LogP contribution in [0.4, 0.5) is 4.39 Å². The monoisotopic (exact) mass is 316 g/mol. The van der Waals surface area contributed by atoms with E-state index in [1.807, 2.05) is 6.92 Å². The van der Waals surface area contributed by atoms with E-state index in [0.29, 0.717) is 16.6 Å². The number of rotatable bonds is 4. The number of aryl methyl sites for hydroxylation is 2. The van der Waals surface area contributed by atoms with Gasteiger partial charge in [0, 0.05) is 17.6 Å². The van der Waals surface area contributed by atoms with Crippen LogP contribution in [0.15, 0.2) is 18.2 Å². The number of hydrazine groups is 1. The number of benzene rings is 1. The van der Waals surface area contributed by atoms with E-state index in [1.54, 1.807) is 17.8 Å². The van der Waals surface area contributed by atoms with Gasteiger partial charge in [-0.3, -0.25) is 16.0 Å². The van der Waals surface area contributed by atoms with Gasteiger partial charge in [0.15, 0.2) is 0 Å². The topological polar surface area (TPSA) is 55.9 Å². The number of hydrogen-bond donors (Lipinski definition) is 2. The molecule has 0 saturated carbocycles. The lowest BCUT2D eigenvalue weighted by atomic mass is 10.00. The van der Waals surface area contributed by atoms with Gasteiger partial charge in [-0.1, -0.05) is 29.3 Å². The minimum Gasteiger partial charge on any atom is -0.271 e. The molecule has 1 heterocycles. The Morgan fingerprint density at radius 1 is 1.45 bits per heavy atom. The van der Waals surface area contributed by atoms with Gasteiger partial charge in [0.2, 0.25) is 0 Å². The number of nitrogens with two attached hydrogens (primary N) is 1. The van der Waals surface area contributed by atoms with Crippen LogP contribution in [-0.2, 0) is 13.5 Å². The molecule has 2 rings (SSSR count). The average Bonchev–Trinajstić information content (AvgIpc) is 2.62. The van der Waals surface area contributed by atoms with Gasteiger partial charge in [-0.2, -0.15) is 5.10 Å². The first-order chi connectivity index (χ1) is 9.43. The van der Waals surface area contributed by atoms with Crippen LogP contribution in [0, 0.1) is 12.7 Å². The summed E-state index contributed by atoms with van der Waals surface area (Å²) >= 11 is 12.3. The molecule has 0 bridgehead atoms. The molecule has 0 spiro atoms. The van der Waals surface area contributed by atoms with E-state index >= 15 is 0 Å². The zero-order valence-corrected chi connectivity index (χ0v) is 12.6. The fourth-order valence-electron chi connectivity index (χ4n) is 2.15. The van der Waals surface area contributed by atoms with Gasteiger partial charge in [-0.25, -0.2) is 4.39 Å². The predicted octanol–water partition coefficient (Wildman–Crippen LogP) is 2.92. The molecule has 0 fully saturated rings. The fourth-order valence-corrected chi connectivity index (χ4v) is 2.70. The molecule has 1 aromatic carbocycles. The maximum absolute atomic E-state index is 13.1. The van der Waals surface area contributed by atoms with E-state index in [2.05, 4.69) is 10.5 Å². The molecule has 0 saturated heterocycles. The summed E-state index contributed by atoms with van der Waals surface area (Å²) in [5.41, 5.74) is 5.12. The highest BCUT2D eigenvalue weighted by molar-refractivity contribution is 6.31. The van der Waals surface area contributed by atoms with Crippen LogP contribution in [0.2, 0.25) is 10.2 Å². The second kappa shape index (κ2) is 6.10. The number of nitrogens with zero attached hydrogens (tertiary/aromatic N) is 2. The summed E-state index contributed by atoms with van der Waals surface area (Å²) in [6.07, 6.45) is 0.514. The van der Waals surface area contributed by atoms with Crippen LogP contribution in [0.3, 0.4) is 0 Å². The Hall–Kier alpha value is -1.14. The number of nitrogens with one attached hydrogen (secondary N) is 1. The first kappa shape index (κ1) is 15.3. The van der Waals surface area contributed by atoms with Gasteiger partial charge in [0.1, 0.15) is 11.0 Å². The molecule has 7 heteroatoms. The highest BCUT2D eigenvalue weighted by atomic mass is 35.5. The first-order valence-electron chi connectivity index (χ1n) is 6.03. The normalized spacial score (nSPS) is 12.7. The van der Waals surface area contributed by atoms with Crippen molar-refractivity contribution in [3.05, 3.63) is 51.0 Å². The van der Waals surface area contributed by atoms with Crippen molar-refractivity contribution in [1.29, 1.82) is 0 Å². The molecule has 108 valence electrons. The average molecular weight is 317 g/mol. The minimum absolute atomic E-state index is 0.275. The van der Waals surface area contributed by atoms with E-state index in [1.165, 1.54) is 12.1 Å². The van der Waals surface area contributed by atoms with Crippen molar-refractivity contribution in [2.24, 2.45) is 12.9 Å². The Morgan fingerprint density at radius 3 is 2.65 bits per heavy atom. The molecule has 2 aromatic rings. The smallest absolute Gasteiger partial charge is 0.130 e. The van der Waals surface area contributed by atoms with Crippen LogP contribution in [0.5, 0.6) is 0 Å². The molecule has 0 radical (unpaired) electrons. The lowest BCUT2D eigenvalue weighted by Gasteiger charge is -2.17. The van der Waals surface area contributed by atoms with E-state index in [0.717, 1.165) is 16.8 Å². The first-order valence-corrected chi connectivity index (χ1v) is 6.78. The third-order valence-electron chi connectivity index (χ3n) is 3.22. The highest BCUT2D eigenvalue weighted by Crippen LogP contribution is 2.29. The summed E-state index contributed by atoms with van der Waals surface area (Å²) in [5.74, 6) is 5.21. The van der Waals surface area contributed by atoms with Gasteiger partial charge >= 0.3 is 0 Å². The molecule has 4 nitrogen and oxygen atoms in total. The quantitative estimate of drug-likeness (QED) is 0.673. The summed E-state index contributed by atoms with van der Waals surface area (Å²) in [6, 6.07) is 3.95. The molecule has 20 heavy (non-hydrogen) atoms. The Bertz CT molecular complexity index is 627. The third-order valence-corrected chi connectivity index (χ3v) is 4.02. The molecule has 0 amide bonds. The van der Waals surface area contributed by atoms with Crippen LogP contribution >= 0.6 is 23.2 Å². The zero-order chi connectivity index (χ0) is 14.9. The van der Waals surface area contributed by atoms with Crippen molar-refractivity contribution >= 4 is 23.2 Å². The van der Waals surface area contributed by atoms with E-state index in [-0.39, 0.29) is 11.9 Å². The van der Waals surface area contributed by atoms with Gasteiger partial charge in [0.25, 0.3) is 0 Å². The molecule has 1 atom stereocenters. The Labute approximate surface area is 126 Å². The van der Waals surface area contributed by atoms with Crippen molar-refractivity contribution in [1.82, 2.24) is 15.2 Å². The molecule has 0 aliphatic rings. The highest BCUT2D eigenvalue weighted by Gasteiger charge is 2.19. The van der Waals surface area contributed by atoms with Crippen LogP contribution < -0.4 is 11.3 Å². The number of halogens is 3. The van der Waals surface area contributed by atoms with Crippen LogP contribution in [0.1, 0.15) is 22.9 Å². The van der Waals surface area contributed by atoms with E-state index in [4.69, 9.17) is 29.0 Å². The predicted molar refractivity (Wildman–Crippen MR) is 78.1 cm³/mol. The maximum atomic E-state index is 13.1. The van der Waals surface area contributed by atoms with Crippen molar-refractivity contribution in [3.8, 4) is 0 Å². The summed E-state index contributed by atoms with van der Waals surface area (Å²) < 4.78 is 14.7. The molecular weight excluding hydrogens is 302 g/mol. The summed E-state index contributed by atoms with van der Waals surface area (Å²) in [5, 5.41) is 5.13. The number of aromatic nitrogens is 2. The Morgan fingerprint density at radius 2 is 2.15 bits per heavy atom. The van der Waals surface area contributed by atoms with Crippen LogP contribution in [0.25, 0.3) is 0 Å². The van der Waals surface area contributed by atoms with Gasteiger partial charge in [-0.05, 0) is 31.0 Å². The molecule has 1 aromatic heterocycles. The van der Waals surface area contributed by atoms with E-state index < -0.39 is 0 Å².